The number of anilines is 1. The minimum Gasteiger partial charge on any atom is -0.448 e. The number of nitrogens with one attached hydrogen (secondary N) is 1. The molecule has 4 rings (SSSR count). The molecule has 0 saturated carbocycles. The molecule has 3 heterocycles. The van der Waals surface area contributed by atoms with Crippen LogP contribution in [0.4, 0.5) is 10.6 Å². The van der Waals surface area contributed by atoms with Gasteiger partial charge in [-0.1, -0.05) is 43.7 Å². The highest BCUT2D eigenvalue weighted by Gasteiger charge is 2.36. The van der Waals surface area contributed by atoms with Crippen LogP contribution in [0.2, 0.25) is 0 Å². The molecule has 43 heavy (non-hydrogen) atoms. The SMILES string of the molecule is CCCCOP(=O)(O)C[C@H](NC(=O)c1cc(N2CCOCC2)nc(-c2ccccc2)n1)C(=O)N1CCN(OC(=O)O)CC1. The molecule has 16 heteroatoms. The molecular weight excluding hydrogens is 583 g/mol. The fourth-order valence-electron chi connectivity index (χ4n) is 4.60. The summed E-state index contributed by atoms with van der Waals surface area (Å²) in [5.41, 5.74) is 0.664. The van der Waals surface area contributed by atoms with Gasteiger partial charge in [-0.2, -0.15) is 0 Å². The lowest BCUT2D eigenvalue weighted by molar-refractivity contribution is -0.154. The maximum Gasteiger partial charge on any atom is 0.525 e. The fraction of sp³-hybridized carbons (Fsp3) is 0.519. The summed E-state index contributed by atoms with van der Waals surface area (Å²) in [6.45, 7) is 4.41. The Balaban J connectivity index is 1.59. The summed E-state index contributed by atoms with van der Waals surface area (Å²) in [6, 6.07) is 9.24. The number of rotatable bonds is 12. The number of ether oxygens (including phenoxy) is 1. The summed E-state index contributed by atoms with van der Waals surface area (Å²) in [5.74, 6) is -0.519. The van der Waals surface area contributed by atoms with Gasteiger partial charge in [0.25, 0.3) is 5.91 Å². The summed E-state index contributed by atoms with van der Waals surface area (Å²) in [7, 11) is -4.28. The molecular formula is C27H37N6O9P. The number of morpholine rings is 1. The maximum absolute atomic E-state index is 13.7. The van der Waals surface area contributed by atoms with Crippen LogP contribution in [0, 0.1) is 0 Å². The lowest BCUT2D eigenvalue weighted by Crippen LogP contribution is -2.56. The van der Waals surface area contributed by atoms with Crippen molar-refractivity contribution in [1.82, 2.24) is 25.2 Å². The Morgan fingerprint density at radius 2 is 1.77 bits per heavy atom. The Morgan fingerprint density at radius 3 is 2.42 bits per heavy atom. The zero-order valence-corrected chi connectivity index (χ0v) is 24.9. The van der Waals surface area contributed by atoms with Crippen LogP contribution < -0.4 is 10.2 Å². The number of unbranched alkanes of at least 4 members (excludes halogenated alkanes) is 1. The molecule has 2 atom stereocenters. The Kier molecular flexibility index (Phi) is 11.4. The van der Waals surface area contributed by atoms with Crippen molar-refractivity contribution >= 4 is 31.4 Å². The van der Waals surface area contributed by atoms with Crippen molar-refractivity contribution in [3.05, 3.63) is 42.1 Å². The molecule has 15 nitrogen and oxygen atoms in total. The molecule has 0 spiro atoms. The van der Waals surface area contributed by atoms with Crippen molar-refractivity contribution < 1.29 is 43.0 Å². The van der Waals surface area contributed by atoms with Crippen LogP contribution >= 0.6 is 7.60 Å². The van der Waals surface area contributed by atoms with Crippen LogP contribution in [-0.2, 0) is 23.5 Å². The number of carboxylic acid groups (broad SMARTS) is 1. The van der Waals surface area contributed by atoms with Crippen LogP contribution in [0.1, 0.15) is 30.3 Å². The molecule has 2 amide bonds. The van der Waals surface area contributed by atoms with E-state index in [1.54, 1.807) is 0 Å². The summed E-state index contributed by atoms with van der Waals surface area (Å²) in [4.78, 5) is 65.8. The van der Waals surface area contributed by atoms with Gasteiger partial charge in [-0.3, -0.25) is 14.2 Å². The minimum atomic E-state index is -4.28. The van der Waals surface area contributed by atoms with Crippen LogP contribution in [0.25, 0.3) is 11.4 Å². The number of aromatic nitrogens is 2. The van der Waals surface area contributed by atoms with Crippen molar-refractivity contribution in [2.75, 3.05) is 70.2 Å². The highest BCUT2D eigenvalue weighted by atomic mass is 31.2. The van der Waals surface area contributed by atoms with Crippen molar-refractivity contribution in [2.24, 2.45) is 0 Å². The minimum absolute atomic E-state index is 0.0208. The molecule has 2 saturated heterocycles. The van der Waals surface area contributed by atoms with E-state index in [-0.39, 0.29) is 38.5 Å². The number of piperazine rings is 1. The number of amides is 2. The topological polar surface area (TPSA) is 184 Å². The molecule has 2 aliphatic rings. The normalized spacial score (nSPS) is 18.0. The van der Waals surface area contributed by atoms with Crippen LogP contribution in [-0.4, -0.2) is 119 Å². The van der Waals surface area contributed by atoms with Gasteiger partial charge >= 0.3 is 13.8 Å². The molecule has 1 aromatic heterocycles. The summed E-state index contributed by atoms with van der Waals surface area (Å²) in [5, 5.41) is 12.7. The molecule has 0 bridgehead atoms. The van der Waals surface area contributed by atoms with Crippen LogP contribution in [0.15, 0.2) is 36.4 Å². The molecule has 2 aromatic rings. The number of nitrogens with zero attached hydrogens (tertiary/aromatic N) is 5. The van der Waals surface area contributed by atoms with E-state index in [1.165, 1.54) is 16.0 Å². The first-order valence-corrected chi connectivity index (χ1v) is 15.9. The van der Waals surface area contributed by atoms with E-state index in [1.807, 2.05) is 42.2 Å². The summed E-state index contributed by atoms with van der Waals surface area (Å²) < 4.78 is 23.6. The van der Waals surface area contributed by atoms with Gasteiger partial charge in [-0.15, -0.1) is 5.06 Å². The molecule has 3 N–H and O–H groups in total. The van der Waals surface area contributed by atoms with E-state index in [0.29, 0.717) is 49.9 Å². The average molecular weight is 621 g/mol. The van der Waals surface area contributed by atoms with E-state index in [9.17, 15) is 23.8 Å². The lowest BCUT2D eigenvalue weighted by Gasteiger charge is -2.35. The molecule has 1 unspecified atom stereocenters. The van der Waals surface area contributed by atoms with Crippen molar-refractivity contribution in [3.8, 4) is 11.4 Å². The van der Waals surface area contributed by atoms with Gasteiger partial charge < -0.3 is 39.2 Å². The van der Waals surface area contributed by atoms with Gasteiger partial charge in [0.05, 0.1) is 39.1 Å². The predicted molar refractivity (Wildman–Crippen MR) is 155 cm³/mol. The quantitative estimate of drug-likeness (QED) is 0.231. The molecule has 2 fully saturated rings. The third-order valence-corrected chi connectivity index (χ3v) is 8.29. The van der Waals surface area contributed by atoms with Gasteiger partial charge in [0.15, 0.2) is 5.82 Å². The Morgan fingerprint density at radius 1 is 1.07 bits per heavy atom. The standard InChI is InChI=1S/C27H37N6O9P/c1-2-3-15-41-43(38,39)19-22(26(35)32-9-11-33(12-10-32)42-27(36)37)29-25(34)21-18-23(31-13-16-40-17-14-31)30-24(28-21)20-7-5-4-6-8-20/h4-8,18,22H,2-3,9-17,19H2,1H3,(H,29,34)(H,36,37)(H,38,39)/t22-/m0/s1. The molecule has 1 aromatic carbocycles. The van der Waals surface area contributed by atoms with Gasteiger partial charge in [-0.05, 0) is 6.42 Å². The number of hydrogen-bond donors (Lipinski definition) is 3. The monoisotopic (exact) mass is 620 g/mol. The highest BCUT2D eigenvalue weighted by molar-refractivity contribution is 7.52. The number of carbonyl (C=O) groups is 3. The van der Waals surface area contributed by atoms with Gasteiger partial charge in [0.2, 0.25) is 5.91 Å². The molecule has 0 aliphatic carbocycles. The van der Waals surface area contributed by atoms with Crippen LogP contribution in [0.5, 0.6) is 0 Å². The first-order valence-electron chi connectivity index (χ1n) is 14.1. The van der Waals surface area contributed by atoms with Gasteiger partial charge in [0.1, 0.15) is 17.6 Å². The largest absolute Gasteiger partial charge is 0.525 e. The Hall–Kier alpha value is -3.62. The van der Waals surface area contributed by atoms with Gasteiger partial charge in [0, 0.05) is 37.8 Å². The highest BCUT2D eigenvalue weighted by Crippen LogP contribution is 2.43. The molecule has 0 radical (unpaired) electrons. The Bertz CT molecular complexity index is 1300. The zero-order chi connectivity index (χ0) is 30.8. The fourth-order valence-corrected chi connectivity index (χ4v) is 5.83. The van der Waals surface area contributed by atoms with Crippen LogP contribution in [0.3, 0.4) is 0 Å². The van der Waals surface area contributed by atoms with Crippen molar-refractivity contribution in [1.29, 1.82) is 0 Å². The second-order valence-electron chi connectivity index (χ2n) is 10.0. The molecule has 2 aliphatic heterocycles. The first kappa shape index (κ1) is 32.3. The summed E-state index contributed by atoms with van der Waals surface area (Å²) >= 11 is 0. The zero-order valence-electron chi connectivity index (χ0n) is 24.0. The predicted octanol–water partition coefficient (Wildman–Crippen LogP) is 1.83. The first-order chi connectivity index (χ1) is 20.6. The second kappa shape index (κ2) is 15.2. The third-order valence-electron chi connectivity index (χ3n) is 6.88. The smallest absolute Gasteiger partial charge is 0.448 e. The number of carbonyl (C=O) groups excluding carboxylic acids is 2. The number of benzene rings is 1. The average Bonchev–Trinajstić information content (AvgIpc) is 3.01. The van der Waals surface area contributed by atoms with Crippen molar-refractivity contribution in [2.45, 2.75) is 25.8 Å². The lowest BCUT2D eigenvalue weighted by atomic mass is 10.2. The van der Waals surface area contributed by atoms with E-state index in [2.05, 4.69) is 20.1 Å². The second-order valence-corrected chi connectivity index (χ2v) is 11.9. The van der Waals surface area contributed by atoms with E-state index >= 15 is 0 Å². The van der Waals surface area contributed by atoms with Crippen molar-refractivity contribution in [3.63, 3.8) is 0 Å². The summed E-state index contributed by atoms with van der Waals surface area (Å²) in [6.07, 6.45) is -0.828. The van der Waals surface area contributed by atoms with E-state index < -0.39 is 37.8 Å². The maximum atomic E-state index is 13.7. The third kappa shape index (κ3) is 9.43. The number of hydrogen-bond acceptors (Lipinski definition) is 11. The molecule has 234 valence electrons. The van der Waals surface area contributed by atoms with Gasteiger partial charge in [-0.25, -0.2) is 14.8 Å². The van der Waals surface area contributed by atoms with E-state index in [4.69, 9.17) is 14.4 Å². The Labute approximate surface area is 249 Å². The number of hydroxylamine groups is 2. The van der Waals surface area contributed by atoms with E-state index in [0.717, 1.165) is 6.42 Å².